The van der Waals surface area contributed by atoms with Gasteiger partial charge in [-0.1, -0.05) is 6.92 Å². The van der Waals surface area contributed by atoms with Crippen molar-refractivity contribution in [2.24, 2.45) is 0 Å². The van der Waals surface area contributed by atoms with Gasteiger partial charge >= 0.3 is 5.97 Å². The molecule has 1 heterocycles. The summed E-state index contributed by atoms with van der Waals surface area (Å²) in [4.78, 5) is 11.1. The molecular formula is C17H18F2N2O2. The van der Waals surface area contributed by atoms with Gasteiger partial charge in [0.25, 0.3) is 0 Å². The highest BCUT2D eigenvalue weighted by atomic mass is 19.1. The minimum atomic E-state index is -0.852. The molecule has 0 aliphatic heterocycles. The molecule has 0 saturated carbocycles. The van der Waals surface area contributed by atoms with Gasteiger partial charge in [-0.05, 0) is 43.7 Å². The monoisotopic (exact) mass is 320 g/mol. The molecule has 0 amide bonds. The van der Waals surface area contributed by atoms with Crippen LogP contribution in [0.3, 0.4) is 0 Å². The number of carboxylic acid groups (broad SMARTS) is 1. The van der Waals surface area contributed by atoms with Crippen LogP contribution >= 0.6 is 0 Å². The zero-order chi connectivity index (χ0) is 16.6. The SMILES string of the molecule is CCc1nn(-c2cc(F)ccc2F)c2c1C(CC(=O)O)CCC2. The lowest BCUT2D eigenvalue weighted by Crippen LogP contribution is -2.16. The quantitative estimate of drug-likeness (QED) is 0.936. The van der Waals surface area contributed by atoms with E-state index in [4.69, 9.17) is 5.11 Å². The van der Waals surface area contributed by atoms with Gasteiger partial charge in [0.15, 0.2) is 0 Å². The number of nitrogens with zero attached hydrogens (tertiary/aromatic N) is 2. The summed E-state index contributed by atoms with van der Waals surface area (Å²) in [7, 11) is 0. The minimum Gasteiger partial charge on any atom is -0.481 e. The van der Waals surface area contributed by atoms with Crippen molar-refractivity contribution >= 4 is 5.97 Å². The average molecular weight is 320 g/mol. The first kappa shape index (κ1) is 15.6. The van der Waals surface area contributed by atoms with Crippen molar-refractivity contribution in [3.63, 3.8) is 0 Å². The van der Waals surface area contributed by atoms with Gasteiger partial charge in [-0.25, -0.2) is 13.5 Å². The number of aliphatic carboxylic acids is 1. The van der Waals surface area contributed by atoms with Crippen molar-refractivity contribution in [1.82, 2.24) is 9.78 Å². The summed E-state index contributed by atoms with van der Waals surface area (Å²) < 4.78 is 29.1. The summed E-state index contributed by atoms with van der Waals surface area (Å²) in [6.45, 7) is 1.93. The molecule has 0 saturated heterocycles. The van der Waals surface area contributed by atoms with E-state index in [0.29, 0.717) is 12.8 Å². The fraction of sp³-hybridized carbons (Fsp3) is 0.412. The average Bonchev–Trinajstić information content (AvgIpc) is 2.89. The predicted octanol–water partition coefficient (Wildman–Crippen LogP) is 3.61. The zero-order valence-corrected chi connectivity index (χ0v) is 12.9. The van der Waals surface area contributed by atoms with E-state index in [1.54, 1.807) is 0 Å². The second-order valence-corrected chi connectivity index (χ2v) is 5.86. The van der Waals surface area contributed by atoms with Gasteiger partial charge in [0, 0.05) is 17.3 Å². The van der Waals surface area contributed by atoms with E-state index in [-0.39, 0.29) is 18.0 Å². The third-order valence-corrected chi connectivity index (χ3v) is 4.36. The molecule has 1 aromatic carbocycles. The van der Waals surface area contributed by atoms with Crippen molar-refractivity contribution in [2.75, 3.05) is 0 Å². The lowest BCUT2D eigenvalue weighted by Gasteiger charge is -2.22. The zero-order valence-electron chi connectivity index (χ0n) is 12.9. The van der Waals surface area contributed by atoms with Gasteiger partial charge in [0.2, 0.25) is 0 Å². The number of halogens is 2. The number of fused-ring (bicyclic) bond motifs is 1. The number of hydrogen-bond donors (Lipinski definition) is 1. The van der Waals surface area contributed by atoms with Crippen molar-refractivity contribution in [1.29, 1.82) is 0 Å². The summed E-state index contributed by atoms with van der Waals surface area (Å²) in [6.07, 6.45) is 2.95. The lowest BCUT2D eigenvalue weighted by atomic mass is 9.82. The van der Waals surface area contributed by atoms with Crippen LogP contribution in [-0.4, -0.2) is 20.9 Å². The maximum atomic E-state index is 14.1. The first-order valence-electron chi connectivity index (χ1n) is 7.79. The molecule has 2 aromatic rings. The predicted molar refractivity (Wildman–Crippen MR) is 80.8 cm³/mol. The van der Waals surface area contributed by atoms with E-state index in [2.05, 4.69) is 5.10 Å². The van der Waals surface area contributed by atoms with Gasteiger partial charge in [0.05, 0.1) is 12.1 Å². The Labute approximate surface area is 132 Å². The Kier molecular flexibility index (Phi) is 4.15. The number of rotatable bonds is 4. The van der Waals surface area contributed by atoms with Crippen LogP contribution in [0.1, 0.15) is 49.1 Å². The number of aromatic nitrogens is 2. The third kappa shape index (κ3) is 2.85. The highest BCUT2D eigenvalue weighted by Gasteiger charge is 2.30. The number of carboxylic acids is 1. The van der Waals surface area contributed by atoms with Gasteiger partial charge in [-0.15, -0.1) is 0 Å². The number of carbonyl (C=O) groups is 1. The van der Waals surface area contributed by atoms with Crippen LogP contribution in [-0.2, 0) is 17.6 Å². The normalized spacial score (nSPS) is 17.1. The van der Waals surface area contributed by atoms with Crippen LogP contribution in [0, 0.1) is 11.6 Å². The molecule has 0 radical (unpaired) electrons. The second kappa shape index (κ2) is 6.10. The molecule has 1 aliphatic carbocycles. The van der Waals surface area contributed by atoms with Crippen molar-refractivity contribution in [3.05, 3.63) is 46.8 Å². The van der Waals surface area contributed by atoms with Crippen LogP contribution in [0.4, 0.5) is 8.78 Å². The minimum absolute atomic E-state index is 0.0390. The molecule has 1 aromatic heterocycles. The van der Waals surface area contributed by atoms with Gasteiger partial charge in [-0.3, -0.25) is 4.79 Å². The fourth-order valence-corrected chi connectivity index (χ4v) is 3.41. The van der Waals surface area contributed by atoms with Crippen LogP contribution in [0.5, 0.6) is 0 Å². The Balaban J connectivity index is 2.15. The lowest BCUT2D eigenvalue weighted by molar-refractivity contribution is -0.137. The van der Waals surface area contributed by atoms with Crippen LogP contribution in [0.25, 0.3) is 5.69 Å². The molecule has 1 unspecified atom stereocenters. The van der Waals surface area contributed by atoms with E-state index < -0.39 is 17.6 Å². The molecule has 122 valence electrons. The topological polar surface area (TPSA) is 55.1 Å². The first-order valence-corrected chi connectivity index (χ1v) is 7.79. The molecule has 0 spiro atoms. The Morgan fingerprint density at radius 3 is 2.91 bits per heavy atom. The standard InChI is InChI=1S/C17H18F2N2O2/c1-2-13-17-10(8-16(22)23)4-3-5-14(17)21(20-13)15-9-11(18)6-7-12(15)19/h6-7,9-10H,2-5,8H2,1H3,(H,22,23). The molecule has 1 N–H and O–H groups in total. The molecule has 0 fully saturated rings. The van der Waals surface area contributed by atoms with E-state index in [1.807, 2.05) is 6.92 Å². The second-order valence-electron chi connectivity index (χ2n) is 5.86. The number of hydrogen-bond acceptors (Lipinski definition) is 2. The van der Waals surface area contributed by atoms with E-state index >= 15 is 0 Å². The molecule has 1 atom stereocenters. The first-order chi connectivity index (χ1) is 11.0. The van der Waals surface area contributed by atoms with Gasteiger partial charge in [-0.2, -0.15) is 5.10 Å². The molecule has 0 bridgehead atoms. The maximum absolute atomic E-state index is 14.1. The Morgan fingerprint density at radius 2 is 2.22 bits per heavy atom. The molecule has 3 rings (SSSR count). The van der Waals surface area contributed by atoms with Gasteiger partial charge < -0.3 is 5.11 Å². The summed E-state index contributed by atoms with van der Waals surface area (Å²) in [5.41, 5.74) is 2.57. The number of benzene rings is 1. The van der Waals surface area contributed by atoms with Crippen LogP contribution in [0.2, 0.25) is 0 Å². The molecule has 4 nitrogen and oxygen atoms in total. The van der Waals surface area contributed by atoms with Crippen molar-refractivity contribution < 1.29 is 18.7 Å². The van der Waals surface area contributed by atoms with E-state index in [0.717, 1.165) is 48.0 Å². The Hall–Kier alpha value is -2.24. The summed E-state index contributed by atoms with van der Waals surface area (Å²) in [5.74, 6) is -2.03. The Bertz CT molecular complexity index is 755. The van der Waals surface area contributed by atoms with E-state index in [9.17, 15) is 13.6 Å². The molecular weight excluding hydrogens is 302 g/mol. The van der Waals surface area contributed by atoms with Crippen molar-refractivity contribution in [3.8, 4) is 5.69 Å². The molecule has 6 heteroatoms. The van der Waals surface area contributed by atoms with Crippen LogP contribution < -0.4 is 0 Å². The number of aryl methyl sites for hydroxylation is 1. The highest BCUT2D eigenvalue weighted by Crippen LogP contribution is 2.38. The van der Waals surface area contributed by atoms with Gasteiger partial charge in [0.1, 0.15) is 17.3 Å². The summed E-state index contributed by atoms with van der Waals surface area (Å²) in [5, 5.41) is 13.6. The highest BCUT2D eigenvalue weighted by molar-refractivity contribution is 5.68. The largest absolute Gasteiger partial charge is 0.481 e. The smallest absolute Gasteiger partial charge is 0.303 e. The molecule has 23 heavy (non-hydrogen) atoms. The molecule has 1 aliphatic rings. The third-order valence-electron chi connectivity index (χ3n) is 4.36. The van der Waals surface area contributed by atoms with Crippen LogP contribution in [0.15, 0.2) is 18.2 Å². The van der Waals surface area contributed by atoms with E-state index in [1.165, 1.54) is 4.68 Å². The Morgan fingerprint density at radius 1 is 1.43 bits per heavy atom. The van der Waals surface area contributed by atoms with Crippen molar-refractivity contribution in [2.45, 2.75) is 44.9 Å². The fourth-order valence-electron chi connectivity index (χ4n) is 3.41. The summed E-state index contributed by atoms with van der Waals surface area (Å²) in [6, 6.07) is 3.29. The maximum Gasteiger partial charge on any atom is 0.303 e. The summed E-state index contributed by atoms with van der Waals surface area (Å²) >= 11 is 0.